The maximum Gasteiger partial charge on any atom is 0.186 e. The molecule has 0 radical (unpaired) electrons. The van der Waals surface area contributed by atoms with E-state index in [2.05, 4.69) is 4.90 Å². The van der Waals surface area contributed by atoms with Crippen LogP contribution in [-0.2, 0) is 0 Å². The third-order valence-electron chi connectivity index (χ3n) is 3.16. The molecule has 0 saturated carbocycles. The number of likely N-dealkylation sites (tertiary alicyclic amines) is 1. The smallest absolute Gasteiger partial charge is 0.186 e. The fourth-order valence-electron chi connectivity index (χ4n) is 2.23. The molecule has 1 aliphatic rings. The molecule has 0 amide bonds. The Hall–Kier alpha value is -0.420. The zero-order chi connectivity index (χ0) is 11.4. The second-order valence-electron chi connectivity index (χ2n) is 4.26. The number of nitrogens with zero attached hydrogens (tertiary/aromatic N) is 1. The van der Waals surface area contributed by atoms with Crippen molar-refractivity contribution >= 4 is 29.5 Å². The minimum absolute atomic E-state index is 0. The number of Topliss-reactive ketones (excluding diaryl/α,β-unsaturated/α-hetero) is 1. The van der Waals surface area contributed by atoms with E-state index < -0.39 is 0 Å². The standard InChI is InChI=1S/C12H18N2OS.ClH/c13-8-10-4-1-2-6-14(10)9-11(15)12-5-3-7-16-12;/h3,5,7,10H,1-2,4,6,8-9,13H2;1H. The molecule has 96 valence electrons. The van der Waals surface area contributed by atoms with Crippen LogP contribution in [0.25, 0.3) is 0 Å². The van der Waals surface area contributed by atoms with Crippen molar-refractivity contribution < 1.29 is 4.79 Å². The number of carbonyl (C=O) groups is 1. The number of carbonyl (C=O) groups excluding carboxylic acids is 1. The Bertz CT molecular complexity index is 342. The van der Waals surface area contributed by atoms with E-state index in [9.17, 15) is 4.79 Å². The van der Waals surface area contributed by atoms with Crippen LogP contribution in [0.5, 0.6) is 0 Å². The molecule has 1 aliphatic heterocycles. The molecule has 1 atom stereocenters. The van der Waals surface area contributed by atoms with Gasteiger partial charge in [0.15, 0.2) is 5.78 Å². The first kappa shape index (κ1) is 14.6. The normalized spacial score (nSPS) is 20.9. The van der Waals surface area contributed by atoms with Gasteiger partial charge in [0.05, 0.1) is 11.4 Å². The third kappa shape index (κ3) is 3.78. The van der Waals surface area contributed by atoms with Gasteiger partial charge in [-0.3, -0.25) is 9.69 Å². The molecule has 1 unspecified atom stereocenters. The molecule has 1 aromatic rings. The lowest BCUT2D eigenvalue weighted by molar-refractivity contribution is 0.0855. The van der Waals surface area contributed by atoms with Crippen LogP contribution < -0.4 is 5.73 Å². The number of halogens is 1. The largest absolute Gasteiger partial charge is 0.329 e. The van der Waals surface area contributed by atoms with Crippen LogP contribution in [0.4, 0.5) is 0 Å². The van der Waals surface area contributed by atoms with Crippen LogP contribution in [0, 0.1) is 0 Å². The predicted molar refractivity (Wildman–Crippen MR) is 74.2 cm³/mol. The molecule has 2 N–H and O–H groups in total. The van der Waals surface area contributed by atoms with E-state index in [1.165, 1.54) is 24.2 Å². The van der Waals surface area contributed by atoms with Crippen LogP contribution in [0.1, 0.15) is 28.9 Å². The molecule has 1 saturated heterocycles. The maximum atomic E-state index is 12.0. The van der Waals surface area contributed by atoms with Crippen molar-refractivity contribution in [3.8, 4) is 0 Å². The van der Waals surface area contributed by atoms with E-state index in [0.29, 0.717) is 19.1 Å². The number of piperidine rings is 1. The molecule has 0 aliphatic carbocycles. The molecule has 1 aromatic heterocycles. The lowest BCUT2D eigenvalue weighted by atomic mass is 10.0. The number of rotatable bonds is 4. The Kier molecular flexibility index (Phi) is 6.12. The Morgan fingerprint density at radius 3 is 3.00 bits per heavy atom. The molecule has 2 rings (SSSR count). The highest BCUT2D eigenvalue weighted by atomic mass is 35.5. The zero-order valence-electron chi connectivity index (χ0n) is 9.80. The van der Waals surface area contributed by atoms with Gasteiger partial charge in [-0.05, 0) is 30.8 Å². The average Bonchev–Trinajstić information content (AvgIpc) is 2.83. The first-order valence-electron chi connectivity index (χ1n) is 5.82. The molecule has 0 bridgehead atoms. The van der Waals surface area contributed by atoms with Gasteiger partial charge >= 0.3 is 0 Å². The summed E-state index contributed by atoms with van der Waals surface area (Å²) in [5.74, 6) is 0.232. The summed E-state index contributed by atoms with van der Waals surface area (Å²) in [6.07, 6.45) is 3.56. The van der Waals surface area contributed by atoms with E-state index in [0.717, 1.165) is 17.8 Å². The quantitative estimate of drug-likeness (QED) is 0.856. The minimum atomic E-state index is 0. The molecule has 17 heavy (non-hydrogen) atoms. The van der Waals surface area contributed by atoms with Crippen molar-refractivity contribution in [1.82, 2.24) is 4.90 Å². The maximum absolute atomic E-state index is 12.0. The van der Waals surface area contributed by atoms with Gasteiger partial charge < -0.3 is 5.73 Å². The number of hydrogen-bond donors (Lipinski definition) is 1. The summed E-state index contributed by atoms with van der Waals surface area (Å²) < 4.78 is 0. The Balaban J connectivity index is 0.00000144. The van der Waals surface area contributed by atoms with Gasteiger partial charge in [0.25, 0.3) is 0 Å². The van der Waals surface area contributed by atoms with Crippen LogP contribution in [-0.4, -0.2) is 36.4 Å². The Morgan fingerprint density at radius 2 is 2.35 bits per heavy atom. The molecule has 2 heterocycles. The summed E-state index contributed by atoms with van der Waals surface area (Å²) in [7, 11) is 0. The molecule has 1 fully saturated rings. The molecular formula is C12H19ClN2OS. The van der Waals surface area contributed by atoms with Crippen LogP contribution in [0.2, 0.25) is 0 Å². The number of hydrogen-bond acceptors (Lipinski definition) is 4. The zero-order valence-corrected chi connectivity index (χ0v) is 11.4. The molecule has 0 aromatic carbocycles. The summed E-state index contributed by atoms with van der Waals surface area (Å²) in [6.45, 7) is 2.21. The van der Waals surface area contributed by atoms with Crippen molar-refractivity contribution in [2.45, 2.75) is 25.3 Å². The van der Waals surface area contributed by atoms with Gasteiger partial charge in [-0.25, -0.2) is 0 Å². The van der Waals surface area contributed by atoms with Gasteiger partial charge in [-0.15, -0.1) is 23.7 Å². The van der Waals surface area contributed by atoms with Crippen molar-refractivity contribution in [3.05, 3.63) is 22.4 Å². The molecule has 0 spiro atoms. The van der Waals surface area contributed by atoms with Crippen LogP contribution in [0.15, 0.2) is 17.5 Å². The lowest BCUT2D eigenvalue weighted by Crippen LogP contribution is -2.46. The highest BCUT2D eigenvalue weighted by molar-refractivity contribution is 7.12. The monoisotopic (exact) mass is 274 g/mol. The lowest BCUT2D eigenvalue weighted by Gasteiger charge is -2.34. The van der Waals surface area contributed by atoms with E-state index >= 15 is 0 Å². The summed E-state index contributed by atoms with van der Waals surface area (Å²) in [6, 6.07) is 4.22. The summed E-state index contributed by atoms with van der Waals surface area (Å²) in [5, 5.41) is 1.95. The summed E-state index contributed by atoms with van der Waals surface area (Å²) >= 11 is 1.52. The highest BCUT2D eigenvalue weighted by Gasteiger charge is 2.23. The van der Waals surface area contributed by atoms with E-state index in [-0.39, 0.29) is 18.2 Å². The molecule has 5 heteroatoms. The predicted octanol–water partition coefficient (Wildman–Crippen LogP) is 2.17. The first-order valence-corrected chi connectivity index (χ1v) is 6.70. The average molecular weight is 275 g/mol. The van der Waals surface area contributed by atoms with Crippen molar-refractivity contribution in [1.29, 1.82) is 0 Å². The van der Waals surface area contributed by atoms with Gasteiger partial charge in [-0.1, -0.05) is 12.5 Å². The summed E-state index contributed by atoms with van der Waals surface area (Å²) in [5.41, 5.74) is 5.74. The topological polar surface area (TPSA) is 46.3 Å². The van der Waals surface area contributed by atoms with Crippen LogP contribution in [0.3, 0.4) is 0 Å². The molecule has 3 nitrogen and oxygen atoms in total. The molecular weight excluding hydrogens is 256 g/mol. The number of thiophene rings is 1. The van der Waals surface area contributed by atoms with E-state index in [1.807, 2.05) is 17.5 Å². The second-order valence-corrected chi connectivity index (χ2v) is 5.20. The Labute approximate surface area is 112 Å². The number of nitrogens with two attached hydrogens (primary N) is 1. The first-order chi connectivity index (χ1) is 7.81. The highest BCUT2D eigenvalue weighted by Crippen LogP contribution is 2.17. The van der Waals surface area contributed by atoms with Gasteiger partial charge in [0.1, 0.15) is 0 Å². The summed E-state index contributed by atoms with van der Waals surface area (Å²) in [4.78, 5) is 15.1. The number of ketones is 1. The Morgan fingerprint density at radius 1 is 1.53 bits per heavy atom. The SMILES string of the molecule is Cl.NCC1CCCCN1CC(=O)c1cccs1. The third-order valence-corrected chi connectivity index (χ3v) is 4.07. The van der Waals surface area contributed by atoms with Gasteiger partial charge in [0.2, 0.25) is 0 Å². The van der Waals surface area contributed by atoms with Crippen molar-refractivity contribution in [2.75, 3.05) is 19.6 Å². The van der Waals surface area contributed by atoms with Crippen molar-refractivity contribution in [2.24, 2.45) is 5.73 Å². The van der Waals surface area contributed by atoms with Crippen molar-refractivity contribution in [3.63, 3.8) is 0 Å². The van der Waals surface area contributed by atoms with Gasteiger partial charge in [0, 0.05) is 12.6 Å². The minimum Gasteiger partial charge on any atom is -0.329 e. The van der Waals surface area contributed by atoms with Crippen LogP contribution >= 0.6 is 23.7 Å². The van der Waals surface area contributed by atoms with E-state index in [4.69, 9.17) is 5.73 Å². The fraction of sp³-hybridized carbons (Fsp3) is 0.583. The van der Waals surface area contributed by atoms with Gasteiger partial charge in [-0.2, -0.15) is 0 Å². The second kappa shape index (κ2) is 7.11. The van der Waals surface area contributed by atoms with E-state index in [1.54, 1.807) is 0 Å². The fourth-order valence-corrected chi connectivity index (χ4v) is 2.89.